The van der Waals surface area contributed by atoms with Crippen LogP contribution in [0, 0.1) is 5.92 Å². The van der Waals surface area contributed by atoms with Crippen LogP contribution in [-0.4, -0.2) is 80.8 Å². The van der Waals surface area contributed by atoms with Gasteiger partial charge in [-0.25, -0.2) is 19.6 Å². The van der Waals surface area contributed by atoms with E-state index in [2.05, 4.69) is 25.5 Å². The quantitative estimate of drug-likeness (QED) is 0.458. The molecule has 4 rings (SSSR count). The zero-order chi connectivity index (χ0) is 29.9. The molecule has 0 radical (unpaired) electrons. The van der Waals surface area contributed by atoms with Gasteiger partial charge in [0.2, 0.25) is 5.88 Å². The fourth-order valence-electron chi connectivity index (χ4n) is 4.23. The van der Waals surface area contributed by atoms with Gasteiger partial charge in [-0.15, -0.1) is 0 Å². The standard InChI is InChI=1S/C20H28N4O2.2C2HF3O2/c1-25-20-17(7-4-8-22-20)10-23-11-18-9-21-15-24(18)19(12-23)14-26-13-16-5-2-3-6-16;2*3-2(4,5)1(6)7/h4,7-9,15-16,19H,2-3,5-6,10-14H2,1H3;2*(H,6,7). The van der Waals surface area contributed by atoms with Crippen LogP contribution in [0.3, 0.4) is 0 Å². The number of carbonyl (C=O) groups is 2. The topological polar surface area (TPSA) is 127 Å². The number of fused-ring (bicyclic) bond motifs is 1. The van der Waals surface area contributed by atoms with Crippen molar-refractivity contribution in [1.29, 1.82) is 0 Å². The number of nitrogens with zero attached hydrogens (tertiary/aromatic N) is 4. The minimum Gasteiger partial charge on any atom is -0.481 e. The summed E-state index contributed by atoms with van der Waals surface area (Å²) in [6.07, 6.45) is 0.903. The van der Waals surface area contributed by atoms with Gasteiger partial charge in [-0.1, -0.05) is 18.9 Å². The van der Waals surface area contributed by atoms with Gasteiger partial charge < -0.3 is 24.3 Å². The van der Waals surface area contributed by atoms with Gasteiger partial charge in [0.25, 0.3) is 0 Å². The average molecular weight is 585 g/mol. The molecule has 3 heterocycles. The lowest BCUT2D eigenvalue weighted by molar-refractivity contribution is -0.193. The summed E-state index contributed by atoms with van der Waals surface area (Å²) in [5, 5.41) is 14.2. The van der Waals surface area contributed by atoms with Crippen molar-refractivity contribution < 1.29 is 55.6 Å². The van der Waals surface area contributed by atoms with Gasteiger partial charge in [0.05, 0.1) is 31.8 Å². The maximum atomic E-state index is 10.6. The number of halogens is 6. The number of hydrogen-bond donors (Lipinski definition) is 2. The van der Waals surface area contributed by atoms with Crippen LogP contribution in [0.25, 0.3) is 0 Å². The van der Waals surface area contributed by atoms with Crippen LogP contribution in [0.4, 0.5) is 26.3 Å². The summed E-state index contributed by atoms with van der Waals surface area (Å²) in [6.45, 7) is 4.31. The molecule has 0 bridgehead atoms. The number of aromatic nitrogens is 3. The van der Waals surface area contributed by atoms with Crippen molar-refractivity contribution >= 4 is 11.9 Å². The number of aliphatic carboxylic acids is 2. The molecule has 0 amide bonds. The lowest BCUT2D eigenvalue weighted by Crippen LogP contribution is -2.38. The van der Waals surface area contributed by atoms with E-state index >= 15 is 0 Å². The molecule has 2 aromatic rings. The average Bonchev–Trinajstić information content (AvgIpc) is 3.56. The fraction of sp³-hybridized carbons (Fsp3) is 0.583. The van der Waals surface area contributed by atoms with Crippen molar-refractivity contribution in [3.63, 3.8) is 0 Å². The lowest BCUT2D eigenvalue weighted by atomic mass is 10.1. The summed E-state index contributed by atoms with van der Waals surface area (Å²) in [5.74, 6) is -4.04. The Morgan fingerprint density at radius 1 is 1.05 bits per heavy atom. The third-order valence-electron chi connectivity index (χ3n) is 6.06. The van der Waals surface area contributed by atoms with Crippen molar-refractivity contribution in [2.45, 2.75) is 57.2 Å². The zero-order valence-electron chi connectivity index (χ0n) is 21.5. The first-order chi connectivity index (χ1) is 18.7. The van der Waals surface area contributed by atoms with Gasteiger partial charge in [0.1, 0.15) is 0 Å². The summed E-state index contributed by atoms with van der Waals surface area (Å²) in [7, 11) is 1.68. The van der Waals surface area contributed by atoms with Gasteiger partial charge in [-0.3, -0.25) is 4.90 Å². The molecule has 0 aromatic carbocycles. The molecule has 16 heteroatoms. The molecule has 40 heavy (non-hydrogen) atoms. The number of imidazole rings is 1. The first-order valence-electron chi connectivity index (χ1n) is 12.1. The summed E-state index contributed by atoms with van der Waals surface area (Å²) < 4.78 is 77.3. The maximum Gasteiger partial charge on any atom is 0.490 e. The van der Waals surface area contributed by atoms with Gasteiger partial charge in [0.15, 0.2) is 0 Å². The van der Waals surface area contributed by atoms with E-state index in [-0.39, 0.29) is 0 Å². The number of methoxy groups -OCH3 is 1. The number of hydrogen-bond acceptors (Lipinski definition) is 7. The van der Waals surface area contributed by atoms with Crippen LogP contribution in [0.5, 0.6) is 5.88 Å². The Labute approximate surface area is 225 Å². The third kappa shape index (κ3) is 10.6. The highest BCUT2D eigenvalue weighted by Crippen LogP contribution is 2.27. The van der Waals surface area contributed by atoms with E-state index < -0.39 is 24.3 Å². The van der Waals surface area contributed by atoms with Crippen LogP contribution in [0.2, 0.25) is 0 Å². The molecule has 1 fully saturated rings. The number of alkyl halides is 6. The van der Waals surface area contributed by atoms with E-state index in [4.69, 9.17) is 29.3 Å². The summed E-state index contributed by atoms with van der Waals surface area (Å²) in [5.41, 5.74) is 2.36. The number of carboxylic acid groups (broad SMARTS) is 2. The molecule has 2 aliphatic rings. The van der Waals surface area contributed by atoms with Gasteiger partial charge in [-0.2, -0.15) is 26.3 Å². The summed E-state index contributed by atoms with van der Waals surface area (Å²) in [6, 6.07) is 4.36. The highest BCUT2D eigenvalue weighted by Gasteiger charge is 2.39. The van der Waals surface area contributed by atoms with Crippen molar-refractivity contribution in [3.8, 4) is 5.88 Å². The van der Waals surface area contributed by atoms with E-state index in [1.54, 1.807) is 13.3 Å². The van der Waals surface area contributed by atoms with Crippen LogP contribution in [-0.2, 0) is 27.4 Å². The number of carboxylic acids is 2. The highest BCUT2D eigenvalue weighted by molar-refractivity contribution is 5.73. The molecule has 1 unspecified atom stereocenters. The SMILES string of the molecule is COc1ncccc1CN1Cc2cncn2C(COCC2CCCC2)C1.O=C(O)C(F)(F)F.O=C(O)C(F)(F)F. The second kappa shape index (κ2) is 14.8. The molecule has 10 nitrogen and oxygen atoms in total. The molecular weight excluding hydrogens is 554 g/mol. The third-order valence-corrected chi connectivity index (χ3v) is 6.06. The zero-order valence-corrected chi connectivity index (χ0v) is 21.5. The Morgan fingerprint density at radius 3 is 2.20 bits per heavy atom. The molecule has 2 aromatic heterocycles. The first kappa shape index (κ1) is 32.8. The molecule has 0 saturated heterocycles. The van der Waals surface area contributed by atoms with Crippen molar-refractivity contribution in [2.75, 3.05) is 26.9 Å². The van der Waals surface area contributed by atoms with E-state index in [0.717, 1.165) is 44.3 Å². The van der Waals surface area contributed by atoms with Crippen molar-refractivity contribution in [2.24, 2.45) is 5.92 Å². The summed E-state index contributed by atoms with van der Waals surface area (Å²) in [4.78, 5) is 28.9. The molecule has 1 aliphatic carbocycles. The minimum absolute atomic E-state index is 0.310. The summed E-state index contributed by atoms with van der Waals surface area (Å²) >= 11 is 0. The van der Waals surface area contributed by atoms with Crippen LogP contribution in [0.1, 0.15) is 43.0 Å². The number of rotatable bonds is 7. The molecule has 1 saturated carbocycles. The van der Waals surface area contributed by atoms with E-state index in [1.807, 2.05) is 18.6 Å². The van der Waals surface area contributed by atoms with Gasteiger partial charge in [-0.05, 0) is 24.8 Å². The Balaban J connectivity index is 0.000000333. The monoisotopic (exact) mass is 584 g/mol. The molecule has 1 aliphatic heterocycles. The van der Waals surface area contributed by atoms with Gasteiger partial charge in [0, 0.05) is 44.2 Å². The van der Waals surface area contributed by atoms with Crippen molar-refractivity contribution in [1.82, 2.24) is 19.4 Å². The Morgan fingerprint density at radius 2 is 1.65 bits per heavy atom. The number of pyridine rings is 1. The van der Waals surface area contributed by atoms with E-state index in [1.165, 1.54) is 31.4 Å². The van der Waals surface area contributed by atoms with Gasteiger partial charge >= 0.3 is 24.3 Å². The van der Waals surface area contributed by atoms with Crippen molar-refractivity contribution in [3.05, 3.63) is 42.1 Å². The smallest absolute Gasteiger partial charge is 0.481 e. The van der Waals surface area contributed by atoms with E-state index in [0.29, 0.717) is 11.9 Å². The molecule has 1 atom stereocenters. The first-order valence-corrected chi connectivity index (χ1v) is 12.1. The second-order valence-electron chi connectivity index (χ2n) is 9.08. The Hall–Kier alpha value is -3.40. The lowest BCUT2D eigenvalue weighted by Gasteiger charge is -2.34. The normalized spacial score (nSPS) is 17.6. The molecular formula is C24H30F6N4O6. The van der Waals surface area contributed by atoms with Crippen LogP contribution >= 0.6 is 0 Å². The second-order valence-corrected chi connectivity index (χ2v) is 9.08. The molecule has 224 valence electrons. The largest absolute Gasteiger partial charge is 0.490 e. The Bertz CT molecular complexity index is 1060. The van der Waals surface area contributed by atoms with Crippen LogP contribution in [0.15, 0.2) is 30.9 Å². The van der Waals surface area contributed by atoms with E-state index in [9.17, 15) is 26.3 Å². The molecule has 2 N–H and O–H groups in total. The maximum absolute atomic E-state index is 10.6. The predicted octanol–water partition coefficient (Wildman–Crippen LogP) is 4.32. The van der Waals surface area contributed by atoms with Crippen LogP contribution < -0.4 is 4.74 Å². The number of ether oxygens (including phenoxy) is 2. The minimum atomic E-state index is -5.08. The predicted molar refractivity (Wildman–Crippen MR) is 126 cm³/mol. The Kier molecular flexibility index (Phi) is 12.2. The highest BCUT2D eigenvalue weighted by atomic mass is 19.4. The fourth-order valence-corrected chi connectivity index (χ4v) is 4.23. The molecule has 0 spiro atoms.